The Labute approximate surface area is 92.1 Å². The van der Waals surface area contributed by atoms with Crippen LogP contribution < -0.4 is 0 Å². The summed E-state index contributed by atoms with van der Waals surface area (Å²) in [7, 11) is 0. The fourth-order valence-corrected chi connectivity index (χ4v) is 4.00. The highest BCUT2D eigenvalue weighted by Crippen LogP contribution is 2.66. The third-order valence-electron chi connectivity index (χ3n) is 4.67. The number of oxime groups is 1. The summed E-state index contributed by atoms with van der Waals surface area (Å²) in [6.45, 7) is 4.61. The van der Waals surface area contributed by atoms with Gasteiger partial charge in [-0.15, -0.1) is 0 Å². The molecule has 2 fully saturated rings. The Morgan fingerprint density at radius 3 is 3.07 bits per heavy atom. The summed E-state index contributed by atoms with van der Waals surface area (Å²) in [6.07, 6.45) is 7.65. The minimum absolute atomic E-state index is 0.181. The molecule has 0 amide bonds. The van der Waals surface area contributed by atoms with Gasteiger partial charge in [-0.2, -0.15) is 0 Å². The van der Waals surface area contributed by atoms with Crippen LogP contribution in [0.2, 0.25) is 0 Å². The van der Waals surface area contributed by atoms with E-state index in [0.29, 0.717) is 0 Å². The van der Waals surface area contributed by atoms with Crippen LogP contribution in [0.1, 0.15) is 52.4 Å². The fraction of sp³-hybridized carbons (Fsp3) is 0.923. The Balaban J connectivity index is 1.70. The van der Waals surface area contributed by atoms with Crippen molar-refractivity contribution < 1.29 is 4.84 Å². The van der Waals surface area contributed by atoms with Crippen molar-refractivity contribution in [1.82, 2.24) is 0 Å². The Morgan fingerprint density at radius 2 is 2.33 bits per heavy atom. The van der Waals surface area contributed by atoms with Crippen molar-refractivity contribution in [2.24, 2.45) is 22.9 Å². The van der Waals surface area contributed by atoms with Crippen LogP contribution in [0.4, 0.5) is 0 Å². The Morgan fingerprint density at radius 1 is 1.47 bits per heavy atom. The Hall–Kier alpha value is -0.530. The van der Waals surface area contributed by atoms with Crippen LogP contribution in [0.25, 0.3) is 0 Å². The van der Waals surface area contributed by atoms with E-state index in [-0.39, 0.29) is 5.60 Å². The van der Waals surface area contributed by atoms with Crippen LogP contribution >= 0.6 is 0 Å². The van der Waals surface area contributed by atoms with E-state index in [4.69, 9.17) is 4.84 Å². The van der Waals surface area contributed by atoms with Gasteiger partial charge in [0.1, 0.15) is 5.60 Å². The topological polar surface area (TPSA) is 21.6 Å². The van der Waals surface area contributed by atoms with Gasteiger partial charge >= 0.3 is 0 Å². The number of hydrogen-bond donors (Lipinski definition) is 0. The molecule has 3 rings (SSSR count). The molecule has 2 heteroatoms. The summed E-state index contributed by atoms with van der Waals surface area (Å²) < 4.78 is 0. The molecule has 0 radical (unpaired) electrons. The van der Waals surface area contributed by atoms with Crippen LogP contribution in [0.15, 0.2) is 5.16 Å². The predicted molar refractivity (Wildman–Crippen MR) is 60.8 cm³/mol. The van der Waals surface area contributed by atoms with Crippen LogP contribution in [-0.4, -0.2) is 11.3 Å². The van der Waals surface area contributed by atoms with Gasteiger partial charge in [-0.05, 0) is 18.8 Å². The third kappa shape index (κ3) is 1.26. The first-order valence-corrected chi connectivity index (χ1v) is 6.52. The summed E-state index contributed by atoms with van der Waals surface area (Å²) in [6, 6.07) is 0. The maximum Gasteiger partial charge on any atom is 0.149 e. The van der Waals surface area contributed by atoms with Crippen LogP contribution in [-0.2, 0) is 4.84 Å². The molecule has 4 atom stereocenters. The van der Waals surface area contributed by atoms with Gasteiger partial charge in [-0.1, -0.05) is 38.3 Å². The summed E-state index contributed by atoms with van der Waals surface area (Å²) in [5.41, 5.74) is 1.50. The summed E-state index contributed by atoms with van der Waals surface area (Å²) in [5, 5.41) is 4.32. The van der Waals surface area contributed by atoms with Crippen molar-refractivity contribution >= 4 is 5.71 Å². The molecule has 84 valence electrons. The van der Waals surface area contributed by atoms with E-state index >= 15 is 0 Å². The zero-order valence-corrected chi connectivity index (χ0v) is 9.83. The van der Waals surface area contributed by atoms with E-state index in [1.54, 1.807) is 0 Å². The number of rotatable bonds is 2. The molecule has 2 nitrogen and oxygen atoms in total. The zero-order chi connectivity index (χ0) is 10.5. The van der Waals surface area contributed by atoms with E-state index in [2.05, 4.69) is 19.0 Å². The molecule has 15 heavy (non-hydrogen) atoms. The highest BCUT2D eigenvalue weighted by atomic mass is 16.7. The summed E-state index contributed by atoms with van der Waals surface area (Å²) in [5.74, 6) is 2.52. The monoisotopic (exact) mass is 207 g/mol. The zero-order valence-electron chi connectivity index (χ0n) is 9.83. The molecular formula is C13H21NO. The average Bonchev–Trinajstić information content (AvgIpc) is 2.65. The molecule has 2 aliphatic carbocycles. The highest BCUT2D eigenvalue weighted by molar-refractivity contribution is 5.86. The lowest BCUT2D eigenvalue weighted by molar-refractivity contribution is 0.0380. The van der Waals surface area contributed by atoms with Crippen molar-refractivity contribution in [1.29, 1.82) is 0 Å². The second-order valence-electron chi connectivity index (χ2n) is 5.67. The fourth-order valence-electron chi connectivity index (χ4n) is 4.00. The lowest BCUT2D eigenvalue weighted by Crippen LogP contribution is -2.15. The van der Waals surface area contributed by atoms with E-state index in [1.165, 1.54) is 31.4 Å². The van der Waals surface area contributed by atoms with Gasteiger partial charge in [0.15, 0.2) is 0 Å². The number of fused-ring (bicyclic) bond motifs is 3. The highest BCUT2D eigenvalue weighted by Gasteiger charge is 2.71. The molecule has 2 saturated carbocycles. The quantitative estimate of drug-likeness (QED) is 0.680. The first-order valence-electron chi connectivity index (χ1n) is 6.52. The molecule has 0 N–H and O–H groups in total. The van der Waals surface area contributed by atoms with Gasteiger partial charge in [0.2, 0.25) is 0 Å². The second-order valence-corrected chi connectivity index (χ2v) is 5.67. The van der Waals surface area contributed by atoms with Crippen LogP contribution in [0, 0.1) is 17.8 Å². The molecular weight excluding hydrogens is 186 g/mol. The van der Waals surface area contributed by atoms with E-state index in [1.807, 2.05) is 0 Å². The van der Waals surface area contributed by atoms with E-state index in [9.17, 15) is 0 Å². The van der Waals surface area contributed by atoms with Crippen molar-refractivity contribution in [3.63, 3.8) is 0 Å². The largest absolute Gasteiger partial charge is 0.388 e. The van der Waals surface area contributed by atoms with Gasteiger partial charge in [0, 0.05) is 18.3 Å². The SMILES string of the molecule is CCCC1=NO[C@@]2(C1)[C@@H]1CCCC(C)[C@@H]12. The minimum atomic E-state index is 0.181. The van der Waals surface area contributed by atoms with Crippen molar-refractivity contribution in [3.05, 3.63) is 0 Å². The maximum atomic E-state index is 5.82. The molecule has 1 spiro atoms. The molecule has 0 aromatic carbocycles. The van der Waals surface area contributed by atoms with Gasteiger partial charge in [0.05, 0.1) is 5.71 Å². The van der Waals surface area contributed by atoms with E-state index in [0.717, 1.165) is 30.6 Å². The number of hydrogen-bond acceptors (Lipinski definition) is 2. The molecule has 0 aromatic heterocycles. The molecule has 0 bridgehead atoms. The molecule has 1 aliphatic heterocycles. The Bertz CT molecular complexity index is 299. The van der Waals surface area contributed by atoms with E-state index < -0.39 is 0 Å². The van der Waals surface area contributed by atoms with Gasteiger partial charge in [-0.3, -0.25) is 0 Å². The second kappa shape index (κ2) is 3.23. The predicted octanol–water partition coefficient (Wildman–Crippen LogP) is 3.37. The van der Waals surface area contributed by atoms with Crippen LogP contribution in [0.3, 0.4) is 0 Å². The molecule has 1 unspecified atom stereocenters. The minimum Gasteiger partial charge on any atom is -0.388 e. The van der Waals surface area contributed by atoms with Crippen molar-refractivity contribution in [2.45, 2.75) is 58.0 Å². The maximum absolute atomic E-state index is 5.82. The van der Waals surface area contributed by atoms with Crippen LogP contribution in [0.5, 0.6) is 0 Å². The lowest BCUT2D eigenvalue weighted by Gasteiger charge is -2.14. The molecule has 0 saturated heterocycles. The normalized spacial score (nSPS) is 47.3. The third-order valence-corrected chi connectivity index (χ3v) is 4.67. The van der Waals surface area contributed by atoms with Crippen molar-refractivity contribution in [2.75, 3.05) is 0 Å². The van der Waals surface area contributed by atoms with Crippen molar-refractivity contribution in [3.8, 4) is 0 Å². The first kappa shape index (κ1) is 9.68. The summed E-state index contributed by atoms with van der Waals surface area (Å²) >= 11 is 0. The molecule has 1 heterocycles. The Kier molecular flexibility index (Phi) is 2.08. The molecule has 0 aromatic rings. The molecule has 3 aliphatic rings. The van der Waals surface area contributed by atoms with Gasteiger partial charge in [0.25, 0.3) is 0 Å². The lowest BCUT2D eigenvalue weighted by atomic mass is 9.90. The first-order chi connectivity index (χ1) is 7.28. The number of nitrogens with zero attached hydrogens (tertiary/aromatic N) is 1. The smallest absolute Gasteiger partial charge is 0.149 e. The average molecular weight is 207 g/mol. The van der Waals surface area contributed by atoms with Gasteiger partial charge in [-0.25, -0.2) is 0 Å². The summed E-state index contributed by atoms with van der Waals surface area (Å²) in [4.78, 5) is 5.82. The van der Waals surface area contributed by atoms with Gasteiger partial charge < -0.3 is 4.84 Å². The standard InChI is InChI=1S/C13H21NO/c1-3-5-10-8-13(15-14-10)11-7-4-6-9(2)12(11)13/h9,11-12H,3-8H2,1-2H3/t9?,11-,12+,13+/m1/s1.